The first-order valence-corrected chi connectivity index (χ1v) is 9.93. The molecule has 3 rings (SSSR count). The van der Waals surface area contributed by atoms with Gasteiger partial charge in [-0.15, -0.1) is 4.98 Å². The maximum absolute atomic E-state index is 12.8. The van der Waals surface area contributed by atoms with Crippen LogP contribution in [0.4, 0.5) is 0 Å². The monoisotopic (exact) mass is 485 g/mol. The van der Waals surface area contributed by atoms with E-state index in [1.54, 1.807) is 6.20 Å². The number of fused-ring (bicyclic) bond motifs is 1. The first-order chi connectivity index (χ1) is 12.4. The van der Waals surface area contributed by atoms with Gasteiger partial charge < -0.3 is 28.7 Å². The number of aryl methyl sites for hydroxylation is 1. The molecular formula is C21H32IN3O2. The van der Waals surface area contributed by atoms with Crippen LogP contribution < -0.4 is 28.5 Å². The van der Waals surface area contributed by atoms with Crippen molar-refractivity contribution in [3.05, 3.63) is 24.2 Å². The normalized spacial score (nSPS) is 22.7. The van der Waals surface area contributed by atoms with Crippen molar-refractivity contribution in [2.45, 2.75) is 66.0 Å². The standard InChI is InChI=1S/C21H32N3O2.HI/c1-6-19-23(5)21-17(8-7-11-22-21)24(19)13-20(25)26-18-12-15(4)9-10-16(18)14(2)3;/h7-8,11,14-16,18H,6,9-10,12-13H2,1-5H3;1H/q+1;/p-1/t15-,16+,18?;/m1./s1. The number of carbonyl (C=O) groups excluding carboxylic acids is 1. The lowest BCUT2D eigenvalue weighted by Crippen LogP contribution is -3.00. The molecule has 0 saturated heterocycles. The fraction of sp³-hybridized carbons (Fsp3) is 0.667. The third kappa shape index (κ3) is 4.63. The zero-order chi connectivity index (χ0) is 18.8. The second-order valence-corrected chi connectivity index (χ2v) is 8.12. The van der Waals surface area contributed by atoms with Crippen molar-refractivity contribution < 1.29 is 38.1 Å². The predicted octanol–water partition coefficient (Wildman–Crippen LogP) is 0.431. The number of ether oxygens (including phenoxy) is 1. The van der Waals surface area contributed by atoms with Crippen molar-refractivity contribution in [1.82, 2.24) is 9.55 Å². The zero-order valence-corrected chi connectivity index (χ0v) is 19.3. The van der Waals surface area contributed by atoms with E-state index in [0.717, 1.165) is 36.3 Å². The summed E-state index contributed by atoms with van der Waals surface area (Å²) in [6.45, 7) is 9.09. The molecule has 2 aromatic rings. The molecule has 1 fully saturated rings. The Morgan fingerprint density at radius 3 is 2.81 bits per heavy atom. The zero-order valence-electron chi connectivity index (χ0n) is 17.1. The smallest absolute Gasteiger partial charge is 0.341 e. The number of hydrogen-bond donors (Lipinski definition) is 0. The molecule has 0 amide bonds. The summed E-state index contributed by atoms with van der Waals surface area (Å²) < 4.78 is 10.1. The number of aromatic nitrogens is 3. The largest absolute Gasteiger partial charge is 1.00 e. The van der Waals surface area contributed by atoms with Crippen LogP contribution >= 0.6 is 0 Å². The van der Waals surface area contributed by atoms with Crippen LogP contribution in [0.2, 0.25) is 0 Å². The van der Waals surface area contributed by atoms with Crippen molar-refractivity contribution in [3.8, 4) is 0 Å². The fourth-order valence-corrected chi connectivity index (χ4v) is 4.49. The van der Waals surface area contributed by atoms with Crippen LogP contribution in [-0.2, 0) is 29.5 Å². The lowest BCUT2D eigenvalue weighted by molar-refractivity contribution is -0.655. The van der Waals surface area contributed by atoms with E-state index in [0.29, 0.717) is 17.8 Å². The van der Waals surface area contributed by atoms with Gasteiger partial charge in [0.1, 0.15) is 12.3 Å². The number of halogens is 1. The summed E-state index contributed by atoms with van der Waals surface area (Å²) >= 11 is 0. The Hall–Kier alpha value is -1.18. The molecule has 1 aliphatic rings. The summed E-state index contributed by atoms with van der Waals surface area (Å²) in [5.41, 5.74) is 1.89. The molecule has 150 valence electrons. The van der Waals surface area contributed by atoms with Gasteiger partial charge in [0.25, 0.3) is 0 Å². The summed E-state index contributed by atoms with van der Waals surface area (Å²) in [5, 5.41) is 0. The maximum atomic E-state index is 12.8. The van der Waals surface area contributed by atoms with Crippen LogP contribution in [0.5, 0.6) is 0 Å². The molecule has 1 aliphatic carbocycles. The average molecular weight is 485 g/mol. The van der Waals surface area contributed by atoms with E-state index < -0.39 is 0 Å². The minimum absolute atomic E-state index is 0. The Morgan fingerprint density at radius 2 is 2.15 bits per heavy atom. The van der Waals surface area contributed by atoms with E-state index in [9.17, 15) is 4.79 Å². The molecule has 0 bridgehead atoms. The Balaban J connectivity index is 0.00000261. The van der Waals surface area contributed by atoms with Gasteiger partial charge in [0, 0.05) is 6.42 Å². The highest BCUT2D eigenvalue weighted by molar-refractivity contribution is 5.74. The second kappa shape index (κ2) is 9.34. The molecule has 0 N–H and O–H groups in total. The number of pyridine rings is 1. The fourth-order valence-electron chi connectivity index (χ4n) is 4.49. The van der Waals surface area contributed by atoms with E-state index in [2.05, 4.69) is 41.8 Å². The predicted molar refractivity (Wildman–Crippen MR) is 102 cm³/mol. The van der Waals surface area contributed by atoms with Crippen molar-refractivity contribution >= 4 is 17.1 Å². The van der Waals surface area contributed by atoms with E-state index in [4.69, 9.17) is 4.74 Å². The van der Waals surface area contributed by atoms with Crippen LogP contribution in [0.15, 0.2) is 18.3 Å². The molecule has 2 aromatic heterocycles. The number of imidazole rings is 1. The second-order valence-electron chi connectivity index (χ2n) is 8.12. The summed E-state index contributed by atoms with van der Waals surface area (Å²) in [5.74, 6) is 2.60. The topological polar surface area (TPSA) is 48.0 Å². The number of esters is 1. The van der Waals surface area contributed by atoms with Gasteiger partial charge in [-0.25, -0.2) is 13.9 Å². The van der Waals surface area contributed by atoms with Gasteiger partial charge in [-0.3, -0.25) is 0 Å². The van der Waals surface area contributed by atoms with E-state index in [1.165, 1.54) is 6.42 Å². The summed E-state index contributed by atoms with van der Waals surface area (Å²) in [6, 6.07) is 3.94. The molecule has 0 aliphatic heterocycles. The average Bonchev–Trinajstić information content (AvgIpc) is 2.86. The lowest BCUT2D eigenvalue weighted by atomic mass is 9.75. The third-order valence-corrected chi connectivity index (χ3v) is 5.92. The Bertz CT molecular complexity index is 787. The first kappa shape index (κ1) is 22.1. The van der Waals surface area contributed by atoms with Crippen molar-refractivity contribution in [2.24, 2.45) is 24.8 Å². The highest BCUT2D eigenvalue weighted by atomic mass is 127. The van der Waals surface area contributed by atoms with Crippen LogP contribution in [0, 0.1) is 17.8 Å². The molecule has 0 aromatic carbocycles. The van der Waals surface area contributed by atoms with Crippen LogP contribution in [0.3, 0.4) is 0 Å². The SMILES string of the molecule is CCc1n(CC(=O)OC2C[C@H](C)CC[C@H]2C(C)C)c2cccnc2[n+]1C.[I-]. The van der Waals surface area contributed by atoms with E-state index in [-0.39, 0.29) is 42.6 Å². The molecule has 5 nitrogen and oxygen atoms in total. The van der Waals surface area contributed by atoms with E-state index >= 15 is 0 Å². The van der Waals surface area contributed by atoms with Gasteiger partial charge in [0.2, 0.25) is 5.82 Å². The van der Waals surface area contributed by atoms with Crippen molar-refractivity contribution in [1.29, 1.82) is 0 Å². The molecule has 1 saturated carbocycles. The molecule has 6 heteroatoms. The van der Waals surface area contributed by atoms with Gasteiger partial charge in [0.05, 0.1) is 7.05 Å². The number of nitrogens with zero attached hydrogens (tertiary/aromatic N) is 3. The van der Waals surface area contributed by atoms with Crippen LogP contribution in [-0.4, -0.2) is 21.6 Å². The van der Waals surface area contributed by atoms with Crippen molar-refractivity contribution in [2.75, 3.05) is 0 Å². The van der Waals surface area contributed by atoms with Gasteiger partial charge in [-0.1, -0.05) is 34.1 Å². The molecule has 1 unspecified atom stereocenters. The van der Waals surface area contributed by atoms with Gasteiger partial charge >= 0.3 is 11.6 Å². The minimum Gasteiger partial charge on any atom is -1.00 e. The lowest BCUT2D eigenvalue weighted by Gasteiger charge is -2.36. The third-order valence-electron chi connectivity index (χ3n) is 5.92. The molecule has 0 spiro atoms. The first-order valence-electron chi connectivity index (χ1n) is 9.93. The number of hydrogen-bond acceptors (Lipinski definition) is 3. The van der Waals surface area contributed by atoms with Crippen LogP contribution in [0.25, 0.3) is 11.2 Å². The highest BCUT2D eigenvalue weighted by Gasteiger charge is 2.34. The van der Waals surface area contributed by atoms with Crippen molar-refractivity contribution in [3.63, 3.8) is 0 Å². The van der Waals surface area contributed by atoms with Gasteiger partial charge in [-0.05, 0) is 42.7 Å². The quantitative estimate of drug-likeness (QED) is 0.351. The Labute approximate surface area is 179 Å². The van der Waals surface area contributed by atoms with E-state index in [1.807, 2.05) is 19.2 Å². The Kier molecular flexibility index (Phi) is 7.65. The van der Waals surface area contributed by atoms with Crippen LogP contribution in [0.1, 0.15) is 52.8 Å². The van der Waals surface area contributed by atoms with Gasteiger partial charge in [-0.2, -0.15) is 0 Å². The molecule has 2 heterocycles. The molecule has 3 atom stereocenters. The molecule has 27 heavy (non-hydrogen) atoms. The Morgan fingerprint density at radius 1 is 1.41 bits per heavy atom. The maximum Gasteiger partial charge on any atom is 0.341 e. The summed E-state index contributed by atoms with van der Waals surface area (Å²) in [4.78, 5) is 17.3. The number of carbonyl (C=O) groups is 1. The summed E-state index contributed by atoms with van der Waals surface area (Å²) in [6.07, 6.45) is 6.06. The molecule has 0 radical (unpaired) electrons. The molecular weight excluding hydrogens is 453 g/mol. The minimum atomic E-state index is -0.134. The highest BCUT2D eigenvalue weighted by Crippen LogP contribution is 2.35. The summed E-state index contributed by atoms with van der Waals surface area (Å²) in [7, 11) is 2.01. The van der Waals surface area contributed by atoms with Gasteiger partial charge in [0.15, 0.2) is 12.1 Å². The number of rotatable bonds is 5.